The van der Waals surface area contributed by atoms with Crippen LogP contribution in [0.5, 0.6) is 0 Å². The molecule has 0 heterocycles. The highest BCUT2D eigenvalue weighted by Crippen LogP contribution is 2.25. The first-order valence-corrected chi connectivity index (χ1v) is 5.94. The van der Waals surface area contributed by atoms with E-state index in [0.29, 0.717) is 5.56 Å². The summed E-state index contributed by atoms with van der Waals surface area (Å²) < 4.78 is 13.7. The van der Waals surface area contributed by atoms with Crippen molar-refractivity contribution in [3.05, 3.63) is 69.0 Å². The lowest BCUT2D eigenvalue weighted by atomic mass is 10.0. The number of aliphatic hydroxyl groups excluding tert-OH is 1. The predicted molar refractivity (Wildman–Crippen MR) is 69.6 cm³/mol. The van der Waals surface area contributed by atoms with Gasteiger partial charge in [-0.15, -0.1) is 0 Å². The molecule has 0 aliphatic rings. The van der Waals surface area contributed by atoms with E-state index in [9.17, 15) is 9.50 Å². The molecule has 1 N–H and O–H groups in total. The van der Waals surface area contributed by atoms with Crippen LogP contribution in [0.4, 0.5) is 4.39 Å². The fourth-order valence-electron chi connectivity index (χ4n) is 1.52. The number of benzene rings is 2. The van der Waals surface area contributed by atoms with Crippen LogP contribution in [0.2, 0.25) is 0 Å². The van der Waals surface area contributed by atoms with E-state index in [0.717, 1.165) is 9.13 Å². The van der Waals surface area contributed by atoms with Gasteiger partial charge < -0.3 is 5.11 Å². The Morgan fingerprint density at radius 1 is 1.00 bits per heavy atom. The maximum absolute atomic E-state index is 12.7. The van der Waals surface area contributed by atoms with Crippen LogP contribution < -0.4 is 0 Å². The molecule has 0 spiro atoms. The van der Waals surface area contributed by atoms with Crippen molar-refractivity contribution in [2.45, 2.75) is 6.10 Å². The highest BCUT2D eigenvalue weighted by Gasteiger charge is 2.12. The van der Waals surface area contributed by atoms with Gasteiger partial charge in [0.15, 0.2) is 0 Å². The second-order valence-electron chi connectivity index (χ2n) is 3.48. The smallest absolute Gasteiger partial charge is 0.123 e. The molecular formula is C13H10FIO. The van der Waals surface area contributed by atoms with E-state index in [-0.39, 0.29) is 5.82 Å². The largest absolute Gasteiger partial charge is 0.384 e. The molecule has 0 aliphatic heterocycles. The Morgan fingerprint density at radius 3 is 2.25 bits per heavy atom. The summed E-state index contributed by atoms with van der Waals surface area (Å²) in [6, 6.07) is 13.5. The van der Waals surface area contributed by atoms with Crippen molar-refractivity contribution in [1.82, 2.24) is 0 Å². The zero-order chi connectivity index (χ0) is 11.5. The summed E-state index contributed by atoms with van der Waals surface area (Å²) in [6.07, 6.45) is -0.700. The second kappa shape index (κ2) is 4.93. The monoisotopic (exact) mass is 328 g/mol. The molecule has 0 bridgehead atoms. The molecule has 0 saturated carbocycles. The van der Waals surface area contributed by atoms with E-state index in [4.69, 9.17) is 0 Å². The van der Waals surface area contributed by atoms with E-state index >= 15 is 0 Å². The maximum Gasteiger partial charge on any atom is 0.123 e. The molecule has 82 valence electrons. The summed E-state index contributed by atoms with van der Waals surface area (Å²) >= 11 is 2.17. The van der Waals surface area contributed by atoms with Gasteiger partial charge in [-0.2, -0.15) is 0 Å². The Hall–Kier alpha value is -0.940. The Morgan fingerprint density at radius 2 is 1.62 bits per heavy atom. The van der Waals surface area contributed by atoms with E-state index in [1.165, 1.54) is 12.1 Å². The van der Waals surface area contributed by atoms with Crippen molar-refractivity contribution < 1.29 is 9.50 Å². The maximum atomic E-state index is 12.7. The summed E-state index contributed by atoms with van der Waals surface area (Å²) in [5, 5.41) is 10.1. The van der Waals surface area contributed by atoms with Crippen molar-refractivity contribution in [2.24, 2.45) is 0 Å². The minimum absolute atomic E-state index is 0.293. The first-order chi connectivity index (χ1) is 7.68. The van der Waals surface area contributed by atoms with Crippen LogP contribution in [0, 0.1) is 9.39 Å². The van der Waals surface area contributed by atoms with Crippen LogP contribution in [0.3, 0.4) is 0 Å². The lowest BCUT2D eigenvalue weighted by Crippen LogP contribution is -2.01. The quantitative estimate of drug-likeness (QED) is 0.837. The van der Waals surface area contributed by atoms with Gasteiger partial charge in [-0.3, -0.25) is 0 Å². The number of aliphatic hydroxyl groups is 1. The first-order valence-electron chi connectivity index (χ1n) is 4.86. The standard InChI is InChI=1S/C13H10FIO/c14-10-7-5-9(6-8-10)13(16)11-3-1-2-4-12(11)15/h1-8,13,16H. The average Bonchev–Trinajstić information content (AvgIpc) is 2.30. The Labute approximate surface area is 107 Å². The van der Waals surface area contributed by atoms with Crippen LogP contribution in [-0.2, 0) is 0 Å². The molecule has 1 unspecified atom stereocenters. The van der Waals surface area contributed by atoms with E-state index in [2.05, 4.69) is 22.6 Å². The van der Waals surface area contributed by atoms with Crippen LogP contribution in [-0.4, -0.2) is 5.11 Å². The van der Waals surface area contributed by atoms with Crippen LogP contribution in [0.25, 0.3) is 0 Å². The summed E-state index contributed by atoms with van der Waals surface area (Å²) in [5.41, 5.74) is 1.54. The third-order valence-corrected chi connectivity index (χ3v) is 3.37. The minimum Gasteiger partial charge on any atom is -0.384 e. The normalized spacial score (nSPS) is 12.4. The van der Waals surface area contributed by atoms with Gasteiger partial charge in [-0.05, 0) is 51.9 Å². The zero-order valence-corrected chi connectivity index (χ0v) is 10.6. The third-order valence-electron chi connectivity index (χ3n) is 2.39. The summed E-state index contributed by atoms with van der Waals surface area (Å²) in [4.78, 5) is 0. The fraction of sp³-hybridized carbons (Fsp3) is 0.0769. The summed E-state index contributed by atoms with van der Waals surface area (Å²) in [5.74, 6) is -0.293. The summed E-state index contributed by atoms with van der Waals surface area (Å²) in [6.45, 7) is 0. The molecule has 1 atom stereocenters. The Balaban J connectivity index is 2.35. The highest BCUT2D eigenvalue weighted by atomic mass is 127. The molecule has 0 aromatic heterocycles. The number of hydrogen-bond acceptors (Lipinski definition) is 1. The van der Waals surface area contributed by atoms with Gasteiger partial charge in [0.1, 0.15) is 11.9 Å². The minimum atomic E-state index is -0.700. The molecule has 0 aliphatic carbocycles. The lowest BCUT2D eigenvalue weighted by Gasteiger charge is -2.13. The van der Waals surface area contributed by atoms with Gasteiger partial charge in [0.05, 0.1) is 0 Å². The fourth-order valence-corrected chi connectivity index (χ4v) is 2.20. The number of halogens is 2. The molecule has 0 amide bonds. The molecule has 1 nitrogen and oxygen atoms in total. The number of rotatable bonds is 2. The second-order valence-corrected chi connectivity index (χ2v) is 4.64. The van der Waals surface area contributed by atoms with Gasteiger partial charge >= 0.3 is 0 Å². The van der Waals surface area contributed by atoms with E-state index in [1.54, 1.807) is 12.1 Å². The molecule has 2 rings (SSSR count). The van der Waals surface area contributed by atoms with Gasteiger partial charge in [0.2, 0.25) is 0 Å². The van der Waals surface area contributed by atoms with Crippen molar-refractivity contribution in [3.8, 4) is 0 Å². The lowest BCUT2D eigenvalue weighted by molar-refractivity contribution is 0.219. The van der Waals surface area contributed by atoms with Gasteiger partial charge in [0, 0.05) is 3.57 Å². The molecular weight excluding hydrogens is 318 g/mol. The first kappa shape index (κ1) is 11.5. The van der Waals surface area contributed by atoms with Gasteiger partial charge in [-0.25, -0.2) is 4.39 Å². The van der Waals surface area contributed by atoms with E-state index < -0.39 is 6.10 Å². The molecule has 2 aromatic carbocycles. The van der Waals surface area contributed by atoms with Gasteiger partial charge in [0.25, 0.3) is 0 Å². The average molecular weight is 328 g/mol. The zero-order valence-electron chi connectivity index (χ0n) is 8.40. The predicted octanol–water partition coefficient (Wildman–Crippen LogP) is 3.51. The molecule has 3 heteroatoms. The van der Waals surface area contributed by atoms with Crippen molar-refractivity contribution in [3.63, 3.8) is 0 Å². The topological polar surface area (TPSA) is 20.2 Å². The van der Waals surface area contributed by atoms with Crippen molar-refractivity contribution in [2.75, 3.05) is 0 Å². The third kappa shape index (κ3) is 2.41. The van der Waals surface area contributed by atoms with Crippen LogP contribution >= 0.6 is 22.6 Å². The molecule has 0 saturated heterocycles. The van der Waals surface area contributed by atoms with Gasteiger partial charge in [-0.1, -0.05) is 30.3 Å². The Bertz CT molecular complexity index is 482. The molecule has 0 radical (unpaired) electrons. The highest BCUT2D eigenvalue weighted by molar-refractivity contribution is 14.1. The Kier molecular flexibility index (Phi) is 3.56. The molecule has 2 aromatic rings. The van der Waals surface area contributed by atoms with Crippen molar-refractivity contribution in [1.29, 1.82) is 0 Å². The SMILES string of the molecule is OC(c1ccc(F)cc1)c1ccccc1I. The van der Waals surface area contributed by atoms with Crippen LogP contribution in [0.1, 0.15) is 17.2 Å². The van der Waals surface area contributed by atoms with Crippen LogP contribution in [0.15, 0.2) is 48.5 Å². The molecule has 0 fully saturated rings. The number of hydrogen-bond donors (Lipinski definition) is 1. The van der Waals surface area contributed by atoms with E-state index in [1.807, 2.05) is 24.3 Å². The molecule has 16 heavy (non-hydrogen) atoms. The van der Waals surface area contributed by atoms with Crippen molar-refractivity contribution >= 4 is 22.6 Å². The summed E-state index contributed by atoms with van der Waals surface area (Å²) in [7, 11) is 0.